The number of benzene rings is 2. The molecule has 0 bridgehead atoms. The van der Waals surface area contributed by atoms with E-state index in [2.05, 4.69) is 0 Å². The van der Waals surface area contributed by atoms with Crippen molar-refractivity contribution in [1.29, 1.82) is 0 Å². The van der Waals surface area contributed by atoms with Crippen LogP contribution in [0.3, 0.4) is 0 Å². The Bertz CT molecular complexity index is 1060. The fourth-order valence-electron chi connectivity index (χ4n) is 2.41. The summed E-state index contributed by atoms with van der Waals surface area (Å²) in [6.07, 6.45) is 0.00588. The Morgan fingerprint density at radius 2 is 1.88 bits per heavy atom. The lowest BCUT2D eigenvalue weighted by molar-refractivity contribution is -0.384. The van der Waals surface area contributed by atoms with Crippen LogP contribution in [0.2, 0.25) is 0 Å². The van der Waals surface area contributed by atoms with E-state index in [9.17, 15) is 24.1 Å². The highest BCUT2D eigenvalue weighted by Gasteiger charge is 2.12. The number of nitro groups is 1. The first-order valence-corrected chi connectivity index (χ1v) is 6.96. The van der Waals surface area contributed by atoms with Crippen molar-refractivity contribution in [1.82, 2.24) is 4.57 Å². The van der Waals surface area contributed by atoms with Crippen molar-refractivity contribution >= 4 is 28.2 Å². The van der Waals surface area contributed by atoms with Gasteiger partial charge in [0.25, 0.3) is 11.2 Å². The van der Waals surface area contributed by atoms with Gasteiger partial charge in [0.15, 0.2) is 0 Å². The molecule has 8 nitrogen and oxygen atoms in total. The zero-order valence-corrected chi connectivity index (χ0v) is 12.5. The lowest BCUT2D eigenvalue weighted by atomic mass is 10.1. The third-order valence-corrected chi connectivity index (χ3v) is 3.57. The molecular formula is C16H10FN3O5. The molecule has 3 rings (SSSR count). The first-order chi connectivity index (χ1) is 11.9. The molecule has 1 amide bonds. The van der Waals surface area contributed by atoms with Gasteiger partial charge >= 0.3 is 6.09 Å². The van der Waals surface area contributed by atoms with Gasteiger partial charge in [-0.25, -0.2) is 9.18 Å². The van der Waals surface area contributed by atoms with E-state index in [-0.39, 0.29) is 16.8 Å². The van der Waals surface area contributed by atoms with Gasteiger partial charge in [0.2, 0.25) is 0 Å². The monoisotopic (exact) mass is 343 g/mol. The van der Waals surface area contributed by atoms with Gasteiger partial charge in [0, 0.05) is 24.0 Å². The maximum absolute atomic E-state index is 14.0. The molecule has 0 saturated heterocycles. The maximum Gasteiger partial charge on any atom is 0.409 e. The molecule has 2 N–H and O–H groups in total. The van der Waals surface area contributed by atoms with Crippen molar-refractivity contribution in [2.24, 2.45) is 0 Å². The van der Waals surface area contributed by atoms with E-state index in [4.69, 9.17) is 5.11 Å². The summed E-state index contributed by atoms with van der Waals surface area (Å²) in [4.78, 5) is 33.3. The van der Waals surface area contributed by atoms with Crippen LogP contribution in [0, 0.1) is 15.9 Å². The molecule has 3 aromatic rings. The summed E-state index contributed by atoms with van der Waals surface area (Å²) in [6.45, 7) is 0. The number of carboxylic acid groups (broad SMARTS) is 1. The highest BCUT2D eigenvalue weighted by Crippen LogP contribution is 2.22. The summed E-state index contributed by atoms with van der Waals surface area (Å²) in [5.41, 5.74) is -0.529. The number of aromatic nitrogens is 1. The number of amides is 1. The molecule has 0 spiro atoms. The Balaban J connectivity index is 2.12. The predicted octanol–water partition coefficient (Wildman–Crippen LogP) is 3.13. The molecule has 1 heterocycles. The van der Waals surface area contributed by atoms with Gasteiger partial charge < -0.3 is 5.11 Å². The highest BCUT2D eigenvalue weighted by atomic mass is 19.1. The molecule has 0 atom stereocenters. The quantitative estimate of drug-likeness (QED) is 0.560. The average molecular weight is 343 g/mol. The fraction of sp³-hybridized carbons (Fsp3) is 0. The Morgan fingerprint density at radius 3 is 2.48 bits per heavy atom. The van der Waals surface area contributed by atoms with Gasteiger partial charge in [-0.05, 0) is 35.7 Å². The number of hydrogen-bond donors (Lipinski definition) is 2. The zero-order chi connectivity index (χ0) is 18.1. The Labute approximate surface area is 138 Å². The van der Waals surface area contributed by atoms with Crippen LogP contribution < -0.4 is 10.9 Å². The largest absolute Gasteiger partial charge is 0.465 e. The van der Waals surface area contributed by atoms with Gasteiger partial charge in [0.1, 0.15) is 5.82 Å². The Kier molecular flexibility index (Phi) is 3.89. The van der Waals surface area contributed by atoms with Crippen LogP contribution >= 0.6 is 0 Å². The predicted molar refractivity (Wildman–Crippen MR) is 87.8 cm³/mol. The molecule has 0 unspecified atom stereocenters. The standard InChI is InChI=1S/C16H10FN3O5/c17-13-8-12-9(7-14(13)18-16(22)23)5-6-19(15(12)21)10-1-3-11(4-2-10)20(24)25/h1-8,18H,(H,22,23). The van der Waals surface area contributed by atoms with Crippen LogP contribution in [0.25, 0.3) is 16.5 Å². The first-order valence-electron chi connectivity index (χ1n) is 6.96. The first kappa shape index (κ1) is 16.1. The van der Waals surface area contributed by atoms with E-state index in [1.807, 2.05) is 5.32 Å². The van der Waals surface area contributed by atoms with Crippen molar-refractivity contribution in [3.05, 3.63) is 74.9 Å². The number of hydrogen-bond acceptors (Lipinski definition) is 4. The number of nitro benzene ring substituents is 1. The lowest BCUT2D eigenvalue weighted by Gasteiger charge is -2.09. The summed E-state index contributed by atoms with van der Waals surface area (Å²) >= 11 is 0. The van der Waals surface area contributed by atoms with Crippen LogP contribution in [0.1, 0.15) is 0 Å². The van der Waals surface area contributed by atoms with Crippen LogP contribution in [-0.2, 0) is 0 Å². The fourth-order valence-corrected chi connectivity index (χ4v) is 2.41. The number of anilines is 1. The second kappa shape index (κ2) is 6.04. The van der Waals surface area contributed by atoms with E-state index in [1.165, 1.54) is 47.2 Å². The zero-order valence-electron chi connectivity index (χ0n) is 12.5. The Hall–Kier alpha value is -3.75. The van der Waals surface area contributed by atoms with Crippen molar-refractivity contribution in [3.8, 4) is 5.69 Å². The van der Waals surface area contributed by atoms with Gasteiger partial charge in [-0.1, -0.05) is 0 Å². The van der Waals surface area contributed by atoms with Crippen LogP contribution in [-0.4, -0.2) is 20.7 Å². The number of rotatable bonds is 3. The van der Waals surface area contributed by atoms with Gasteiger partial charge in [0.05, 0.1) is 16.0 Å². The summed E-state index contributed by atoms with van der Waals surface area (Å²) < 4.78 is 15.2. The molecule has 0 aliphatic heterocycles. The molecule has 25 heavy (non-hydrogen) atoms. The summed E-state index contributed by atoms with van der Waals surface area (Å²) in [5.74, 6) is -0.881. The molecule has 0 aliphatic carbocycles. The van der Waals surface area contributed by atoms with E-state index >= 15 is 0 Å². The second-order valence-corrected chi connectivity index (χ2v) is 5.11. The summed E-state index contributed by atoms with van der Waals surface area (Å²) in [5, 5.41) is 21.7. The smallest absolute Gasteiger partial charge is 0.409 e. The highest BCUT2D eigenvalue weighted by molar-refractivity contribution is 5.90. The second-order valence-electron chi connectivity index (χ2n) is 5.11. The van der Waals surface area contributed by atoms with E-state index in [0.717, 1.165) is 6.07 Å². The number of nitrogens with one attached hydrogen (secondary N) is 1. The van der Waals surface area contributed by atoms with Gasteiger partial charge in [-0.2, -0.15) is 0 Å². The van der Waals surface area contributed by atoms with Crippen LogP contribution in [0.5, 0.6) is 0 Å². The van der Waals surface area contributed by atoms with E-state index in [1.54, 1.807) is 0 Å². The Morgan fingerprint density at radius 1 is 1.20 bits per heavy atom. The molecule has 0 radical (unpaired) electrons. The number of non-ortho nitro benzene ring substituents is 1. The third kappa shape index (κ3) is 3.02. The van der Waals surface area contributed by atoms with Gasteiger partial charge in [-0.3, -0.25) is 24.8 Å². The van der Waals surface area contributed by atoms with Crippen LogP contribution in [0.15, 0.2) is 53.5 Å². The molecule has 0 saturated carbocycles. The number of halogens is 1. The van der Waals surface area contributed by atoms with Crippen molar-refractivity contribution < 1.29 is 19.2 Å². The minimum absolute atomic E-state index is 0.0503. The summed E-state index contributed by atoms with van der Waals surface area (Å²) in [7, 11) is 0. The van der Waals surface area contributed by atoms with Crippen molar-refractivity contribution in [2.45, 2.75) is 0 Å². The minimum Gasteiger partial charge on any atom is -0.465 e. The summed E-state index contributed by atoms with van der Waals surface area (Å²) in [6, 6.07) is 9.01. The minimum atomic E-state index is -1.42. The molecule has 126 valence electrons. The normalized spacial score (nSPS) is 10.6. The van der Waals surface area contributed by atoms with Crippen molar-refractivity contribution in [3.63, 3.8) is 0 Å². The molecular weight excluding hydrogens is 333 g/mol. The molecule has 2 aromatic carbocycles. The third-order valence-electron chi connectivity index (χ3n) is 3.57. The topological polar surface area (TPSA) is 114 Å². The average Bonchev–Trinajstić information content (AvgIpc) is 2.56. The number of nitrogens with zero attached hydrogens (tertiary/aromatic N) is 2. The number of carbonyl (C=O) groups is 1. The molecule has 9 heteroatoms. The lowest BCUT2D eigenvalue weighted by Crippen LogP contribution is -2.18. The SMILES string of the molecule is O=C(O)Nc1cc2ccn(-c3ccc([N+](=O)[O-])cc3)c(=O)c2cc1F. The van der Waals surface area contributed by atoms with Crippen LogP contribution in [0.4, 0.5) is 20.6 Å². The number of pyridine rings is 1. The molecule has 1 aromatic heterocycles. The maximum atomic E-state index is 14.0. The number of fused-ring (bicyclic) bond motifs is 1. The molecule has 0 fully saturated rings. The van der Waals surface area contributed by atoms with Crippen molar-refractivity contribution in [2.75, 3.05) is 5.32 Å². The van der Waals surface area contributed by atoms with E-state index in [0.29, 0.717) is 11.1 Å². The van der Waals surface area contributed by atoms with Gasteiger partial charge in [-0.15, -0.1) is 0 Å². The van der Waals surface area contributed by atoms with E-state index < -0.39 is 22.4 Å². The molecule has 0 aliphatic rings.